The summed E-state index contributed by atoms with van der Waals surface area (Å²) in [6.45, 7) is 4.94. The molecule has 0 unspecified atom stereocenters. The van der Waals surface area contributed by atoms with Crippen molar-refractivity contribution in [3.8, 4) is 0 Å². The Morgan fingerprint density at radius 1 is 1.25 bits per heavy atom. The molecule has 0 spiro atoms. The highest BCUT2D eigenvalue weighted by Gasteiger charge is 2.26. The zero-order valence-corrected chi connectivity index (χ0v) is 14.2. The number of hydrazone groups is 1. The number of hydrogen-bond acceptors (Lipinski definition) is 5. The van der Waals surface area contributed by atoms with E-state index in [-0.39, 0.29) is 5.91 Å². The first-order chi connectivity index (χ1) is 11.5. The Bertz CT molecular complexity index is 832. The Morgan fingerprint density at radius 3 is 2.71 bits per heavy atom. The first-order valence-corrected chi connectivity index (χ1v) is 7.66. The highest BCUT2D eigenvalue weighted by Crippen LogP contribution is 2.23. The van der Waals surface area contributed by atoms with Crippen molar-refractivity contribution < 1.29 is 4.79 Å². The van der Waals surface area contributed by atoms with Gasteiger partial charge in [-0.15, -0.1) is 0 Å². The highest BCUT2D eigenvalue weighted by molar-refractivity contribution is 6.32. The van der Waals surface area contributed by atoms with Crippen LogP contribution in [0.3, 0.4) is 0 Å². The first kappa shape index (κ1) is 16.1. The second kappa shape index (κ2) is 6.37. The number of carbonyl (C=O) groups is 1. The fourth-order valence-electron chi connectivity index (χ4n) is 2.74. The molecule has 7 nitrogen and oxygen atoms in total. The molecule has 3 heterocycles. The molecule has 1 amide bonds. The quantitative estimate of drug-likeness (QED) is 0.833. The third-order valence-corrected chi connectivity index (χ3v) is 3.97. The summed E-state index contributed by atoms with van der Waals surface area (Å²) in [5.41, 5.74) is 8.44. The highest BCUT2D eigenvalue weighted by atomic mass is 16.2. The molecule has 0 aliphatic carbocycles. The van der Waals surface area contributed by atoms with Crippen LogP contribution >= 0.6 is 0 Å². The molecular formula is C17H20N6O. The number of H-pyrrole nitrogens is 1. The van der Waals surface area contributed by atoms with Crippen LogP contribution in [0.15, 0.2) is 29.3 Å². The number of aryl methyl sites for hydroxylation is 1. The van der Waals surface area contributed by atoms with Crippen molar-refractivity contribution >= 4 is 17.7 Å². The summed E-state index contributed by atoms with van der Waals surface area (Å²) >= 11 is 0. The fraction of sp³-hybridized carbons (Fsp3) is 0.294. The van der Waals surface area contributed by atoms with Crippen LogP contribution in [0.4, 0.5) is 0 Å². The van der Waals surface area contributed by atoms with Gasteiger partial charge in [0, 0.05) is 30.3 Å². The molecule has 1 aliphatic rings. The van der Waals surface area contributed by atoms with Gasteiger partial charge in [-0.1, -0.05) is 0 Å². The summed E-state index contributed by atoms with van der Waals surface area (Å²) in [7, 11) is 4.07. The molecule has 2 N–H and O–H groups in total. The van der Waals surface area contributed by atoms with E-state index in [1.165, 1.54) is 5.56 Å². The van der Waals surface area contributed by atoms with Crippen molar-refractivity contribution in [2.45, 2.75) is 20.4 Å². The average Bonchev–Trinajstić information content (AvgIpc) is 3.04. The summed E-state index contributed by atoms with van der Waals surface area (Å²) in [5.74, 6) is -0.239. The molecule has 0 saturated heterocycles. The largest absolute Gasteiger partial charge is 0.359 e. The number of rotatable bonds is 4. The van der Waals surface area contributed by atoms with Gasteiger partial charge in [0.1, 0.15) is 11.4 Å². The predicted molar refractivity (Wildman–Crippen MR) is 92.3 cm³/mol. The molecule has 2 aromatic rings. The number of aromatic amines is 1. The number of hydrogen-bond donors (Lipinski definition) is 2. The number of nitrogens with one attached hydrogen (secondary N) is 2. The molecule has 24 heavy (non-hydrogen) atoms. The zero-order valence-electron chi connectivity index (χ0n) is 14.2. The molecule has 124 valence electrons. The molecule has 0 fully saturated rings. The molecule has 7 heteroatoms. The van der Waals surface area contributed by atoms with E-state index in [0.717, 1.165) is 23.5 Å². The van der Waals surface area contributed by atoms with E-state index in [0.29, 0.717) is 17.0 Å². The maximum atomic E-state index is 12.2. The van der Waals surface area contributed by atoms with E-state index in [1.54, 1.807) is 18.6 Å². The minimum Gasteiger partial charge on any atom is -0.359 e. The van der Waals surface area contributed by atoms with Gasteiger partial charge in [0.05, 0.1) is 11.8 Å². The Balaban J connectivity index is 2.01. The van der Waals surface area contributed by atoms with Crippen LogP contribution in [0.1, 0.15) is 28.2 Å². The normalized spacial score (nSPS) is 16.0. The lowest BCUT2D eigenvalue weighted by Crippen LogP contribution is -2.14. The summed E-state index contributed by atoms with van der Waals surface area (Å²) in [4.78, 5) is 25.9. The smallest absolute Gasteiger partial charge is 0.273 e. The Kier molecular flexibility index (Phi) is 4.26. The summed E-state index contributed by atoms with van der Waals surface area (Å²) in [6.07, 6.45) is 6.59. The average molecular weight is 324 g/mol. The van der Waals surface area contributed by atoms with Gasteiger partial charge in [-0.2, -0.15) is 5.10 Å². The summed E-state index contributed by atoms with van der Waals surface area (Å²) in [5, 5.41) is 4.10. The molecule has 0 radical (unpaired) electrons. The monoisotopic (exact) mass is 324 g/mol. The van der Waals surface area contributed by atoms with Gasteiger partial charge in [-0.3, -0.25) is 14.8 Å². The van der Waals surface area contributed by atoms with E-state index in [4.69, 9.17) is 0 Å². The number of amides is 1. The van der Waals surface area contributed by atoms with Crippen LogP contribution in [-0.2, 0) is 11.3 Å². The molecule has 2 aromatic heterocycles. The van der Waals surface area contributed by atoms with Gasteiger partial charge in [0.25, 0.3) is 5.91 Å². The second-order valence-electron chi connectivity index (χ2n) is 6.06. The lowest BCUT2D eigenvalue weighted by molar-refractivity contribution is -0.116. The lowest BCUT2D eigenvalue weighted by Gasteiger charge is -2.10. The van der Waals surface area contributed by atoms with Crippen molar-refractivity contribution in [1.29, 1.82) is 0 Å². The number of aromatic nitrogens is 3. The topological polar surface area (TPSA) is 86.3 Å². The number of carbonyl (C=O) groups excluding carboxylic acids is 1. The van der Waals surface area contributed by atoms with Crippen LogP contribution in [0.5, 0.6) is 0 Å². The van der Waals surface area contributed by atoms with Crippen molar-refractivity contribution in [2.75, 3.05) is 14.1 Å². The molecule has 0 saturated carbocycles. The minimum atomic E-state index is -0.239. The van der Waals surface area contributed by atoms with Crippen molar-refractivity contribution in [2.24, 2.45) is 5.10 Å². The first-order valence-electron chi connectivity index (χ1n) is 7.66. The third-order valence-electron chi connectivity index (χ3n) is 3.97. The van der Waals surface area contributed by atoms with E-state index in [2.05, 4.69) is 37.3 Å². The second-order valence-corrected chi connectivity index (χ2v) is 6.06. The Morgan fingerprint density at radius 2 is 2.04 bits per heavy atom. The van der Waals surface area contributed by atoms with E-state index in [9.17, 15) is 4.79 Å². The van der Waals surface area contributed by atoms with Crippen molar-refractivity contribution in [1.82, 2.24) is 25.3 Å². The van der Waals surface area contributed by atoms with Crippen LogP contribution in [0.25, 0.3) is 6.08 Å². The van der Waals surface area contributed by atoms with Gasteiger partial charge < -0.3 is 9.88 Å². The molecule has 0 aromatic carbocycles. The molecule has 1 aliphatic heterocycles. The molecule has 0 bridgehead atoms. The van der Waals surface area contributed by atoms with Crippen molar-refractivity contribution in [3.05, 3.63) is 52.4 Å². The van der Waals surface area contributed by atoms with Crippen LogP contribution in [0, 0.1) is 13.8 Å². The minimum absolute atomic E-state index is 0.239. The van der Waals surface area contributed by atoms with Gasteiger partial charge in [0.2, 0.25) is 0 Å². The molecular weight excluding hydrogens is 304 g/mol. The van der Waals surface area contributed by atoms with E-state index < -0.39 is 0 Å². The SMILES string of the molecule is Cc1[nH]c(/C=C2/C(=O)NN=C2c2cnccn2)c(C)c1CN(C)C. The van der Waals surface area contributed by atoms with Gasteiger partial charge >= 0.3 is 0 Å². The standard InChI is InChI=1S/C17H20N6O/c1-10-13(9-23(3)4)11(2)20-14(10)7-12-16(21-22-17(12)24)15-8-18-5-6-19-15/h5-8,20H,9H2,1-4H3,(H,22,24)/b12-7+. The lowest BCUT2D eigenvalue weighted by atomic mass is 10.0. The maximum Gasteiger partial charge on any atom is 0.273 e. The van der Waals surface area contributed by atoms with Gasteiger partial charge in [0.15, 0.2) is 0 Å². The predicted octanol–water partition coefficient (Wildman–Crippen LogP) is 1.40. The Hall–Kier alpha value is -2.80. The van der Waals surface area contributed by atoms with Gasteiger partial charge in [-0.25, -0.2) is 5.43 Å². The number of nitrogens with zero attached hydrogens (tertiary/aromatic N) is 4. The van der Waals surface area contributed by atoms with Crippen molar-refractivity contribution in [3.63, 3.8) is 0 Å². The Labute approximate surface area is 140 Å². The van der Waals surface area contributed by atoms with Crippen LogP contribution in [0.2, 0.25) is 0 Å². The summed E-state index contributed by atoms with van der Waals surface area (Å²) < 4.78 is 0. The third kappa shape index (κ3) is 2.98. The summed E-state index contributed by atoms with van der Waals surface area (Å²) in [6, 6.07) is 0. The van der Waals surface area contributed by atoms with Gasteiger partial charge in [-0.05, 0) is 45.1 Å². The van der Waals surface area contributed by atoms with Crippen LogP contribution in [-0.4, -0.2) is 45.6 Å². The van der Waals surface area contributed by atoms with E-state index >= 15 is 0 Å². The fourth-order valence-corrected chi connectivity index (χ4v) is 2.74. The van der Waals surface area contributed by atoms with E-state index in [1.807, 2.05) is 27.1 Å². The maximum absolute atomic E-state index is 12.2. The molecule has 3 rings (SSSR count). The van der Waals surface area contributed by atoms with Crippen LogP contribution < -0.4 is 5.43 Å². The zero-order chi connectivity index (χ0) is 17.3. The molecule has 0 atom stereocenters.